The molecule has 12 nitrogen and oxygen atoms in total. The molecular formula is C14H25N5O7S. The van der Waals surface area contributed by atoms with E-state index in [1.54, 1.807) is 0 Å². The predicted molar refractivity (Wildman–Crippen MR) is 96.4 cm³/mol. The molecule has 0 bridgehead atoms. The van der Waals surface area contributed by atoms with Crippen molar-refractivity contribution in [1.29, 1.82) is 0 Å². The van der Waals surface area contributed by atoms with Crippen molar-refractivity contribution < 1.29 is 34.2 Å². The van der Waals surface area contributed by atoms with Gasteiger partial charge in [-0.1, -0.05) is 0 Å². The number of rotatable bonds is 12. The van der Waals surface area contributed by atoms with Crippen LogP contribution in [0.2, 0.25) is 0 Å². The molecule has 4 atom stereocenters. The molecule has 0 saturated heterocycles. The van der Waals surface area contributed by atoms with E-state index in [0.717, 1.165) is 0 Å². The maximum atomic E-state index is 12.2. The lowest BCUT2D eigenvalue weighted by molar-refractivity contribution is -0.141. The van der Waals surface area contributed by atoms with Crippen molar-refractivity contribution >= 4 is 42.2 Å². The van der Waals surface area contributed by atoms with E-state index in [2.05, 4.69) is 28.6 Å². The highest BCUT2D eigenvalue weighted by Gasteiger charge is 2.28. The normalized spacial score (nSPS) is 15.0. The van der Waals surface area contributed by atoms with Crippen LogP contribution in [0.4, 0.5) is 0 Å². The lowest BCUT2D eigenvalue weighted by Crippen LogP contribution is -2.57. The fraction of sp³-hybridized carbons (Fsp3) is 0.643. The quantitative estimate of drug-likeness (QED) is 0.149. The number of aliphatic hydroxyl groups excluding tert-OH is 1. The highest BCUT2D eigenvalue weighted by atomic mass is 32.1. The summed E-state index contributed by atoms with van der Waals surface area (Å²) < 4.78 is 0. The van der Waals surface area contributed by atoms with Crippen molar-refractivity contribution in [3.8, 4) is 0 Å². The van der Waals surface area contributed by atoms with Crippen LogP contribution < -0.4 is 27.4 Å². The van der Waals surface area contributed by atoms with Gasteiger partial charge in [0.25, 0.3) is 0 Å². The third-order valence-corrected chi connectivity index (χ3v) is 3.76. The molecule has 0 rings (SSSR count). The van der Waals surface area contributed by atoms with Gasteiger partial charge in [-0.2, -0.15) is 12.6 Å². The number of nitrogens with one attached hydrogen (secondary N) is 3. The molecule has 0 aliphatic heterocycles. The first-order valence-corrected chi connectivity index (χ1v) is 8.56. The zero-order valence-corrected chi connectivity index (χ0v) is 15.6. The molecule has 0 saturated carbocycles. The Balaban J connectivity index is 5.04. The van der Waals surface area contributed by atoms with Crippen LogP contribution >= 0.6 is 12.6 Å². The monoisotopic (exact) mass is 407 g/mol. The van der Waals surface area contributed by atoms with E-state index in [1.807, 2.05) is 0 Å². The first-order valence-electron chi connectivity index (χ1n) is 7.93. The summed E-state index contributed by atoms with van der Waals surface area (Å²) in [5.41, 5.74) is 10.4. The van der Waals surface area contributed by atoms with Crippen LogP contribution in [0.15, 0.2) is 0 Å². The minimum atomic E-state index is -1.32. The summed E-state index contributed by atoms with van der Waals surface area (Å²) in [4.78, 5) is 58.0. The molecule has 4 amide bonds. The second kappa shape index (κ2) is 12.1. The van der Waals surface area contributed by atoms with Gasteiger partial charge in [0.1, 0.15) is 24.2 Å². The average molecular weight is 407 g/mol. The molecule has 4 unspecified atom stereocenters. The molecule has 0 aliphatic rings. The predicted octanol–water partition coefficient (Wildman–Crippen LogP) is -3.94. The van der Waals surface area contributed by atoms with Crippen LogP contribution in [0.3, 0.4) is 0 Å². The van der Waals surface area contributed by atoms with E-state index in [1.165, 1.54) is 6.92 Å². The van der Waals surface area contributed by atoms with Crippen molar-refractivity contribution in [3.63, 3.8) is 0 Å². The number of carboxylic acids is 1. The molecule has 0 aromatic heterocycles. The standard InChI is InChI=1S/C14H25N5O7S/c1-6(17-12(23)7(15)4-20)11(22)18-8(2-3-10(16)21)13(24)19-9(5-27)14(25)26/h6-9,20,27H,2-5,15H2,1H3,(H2,16,21)(H,17,23)(H,18,22)(H,19,24)(H,25,26). The van der Waals surface area contributed by atoms with Gasteiger partial charge in [-0.15, -0.1) is 0 Å². The molecule has 27 heavy (non-hydrogen) atoms. The van der Waals surface area contributed by atoms with E-state index < -0.39 is 60.4 Å². The summed E-state index contributed by atoms with van der Waals surface area (Å²) in [7, 11) is 0. The van der Waals surface area contributed by atoms with Crippen LogP contribution in [0.25, 0.3) is 0 Å². The maximum Gasteiger partial charge on any atom is 0.327 e. The second-order valence-corrected chi connectivity index (χ2v) is 6.03. The number of nitrogens with two attached hydrogens (primary N) is 2. The number of carbonyl (C=O) groups excluding carboxylic acids is 4. The molecule has 0 spiro atoms. The summed E-state index contributed by atoms with van der Waals surface area (Å²) in [6.07, 6.45) is -0.421. The van der Waals surface area contributed by atoms with Gasteiger partial charge in [-0.3, -0.25) is 19.2 Å². The van der Waals surface area contributed by atoms with Crippen LogP contribution in [0.1, 0.15) is 19.8 Å². The van der Waals surface area contributed by atoms with Crippen molar-refractivity contribution in [1.82, 2.24) is 16.0 Å². The number of hydrogen-bond acceptors (Lipinski definition) is 8. The molecule has 0 aromatic carbocycles. The van der Waals surface area contributed by atoms with E-state index in [0.29, 0.717) is 0 Å². The highest BCUT2D eigenvalue weighted by molar-refractivity contribution is 7.80. The zero-order valence-electron chi connectivity index (χ0n) is 14.7. The number of aliphatic carboxylic acids is 1. The van der Waals surface area contributed by atoms with Gasteiger partial charge in [0.2, 0.25) is 23.6 Å². The van der Waals surface area contributed by atoms with Gasteiger partial charge in [-0.25, -0.2) is 4.79 Å². The molecule has 0 fully saturated rings. The molecule has 0 aliphatic carbocycles. The second-order valence-electron chi connectivity index (χ2n) is 5.67. The first-order chi connectivity index (χ1) is 12.5. The highest BCUT2D eigenvalue weighted by Crippen LogP contribution is 2.01. The van der Waals surface area contributed by atoms with Gasteiger partial charge < -0.3 is 37.6 Å². The van der Waals surface area contributed by atoms with Crippen LogP contribution in [0, 0.1) is 0 Å². The van der Waals surface area contributed by atoms with Crippen molar-refractivity contribution in [2.24, 2.45) is 11.5 Å². The minimum absolute atomic E-state index is 0.178. The van der Waals surface area contributed by atoms with Gasteiger partial charge in [0.15, 0.2) is 0 Å². The topological polar surface area (TPSA) is 214 Å². The number of aliphatic hydroxyl groups is 1. The van der Waals surface area contributed by atoms with Crippen molar-refractivity contribution in [2.75, 3.05) is 12.4 Å². The average Bonchev–Trinajstić information content (AvgIpc) is 2.60. The largest absolute Gasteiger partial charge is 0.480 e. The first kappa shape index (κ1) is 24.6. The lowest BCUT2D eigenvalue weighted by Gasteiger charge is -2.23. The van der Waals surface area contributed by atoms with E-state index in [-0.39, 0.29) is 18.6 Å². The number of amides is 4. The summed E-state index contributed by atoms with van der Waals surface area (Å²) in [6.45, 7) is 0.693. The molecule has 13 heteroatoms. The Morgan fingerprint density at radius 3 is 2.00 bits per heavy atom. The Morgan fingerprint density at radius 2 is 1.56 bits per heavy atom. The third-order valence-electron chi connectivity index (χ3n) is 3.40. The number of carboxylic acid groups (broad SMARTS) is 1. The van der Waals surface area contributed by atoms with Gasteiger partial charge in [-0.05, 0) is 13.3 Å². The number of primary amides is 1. The van der Waals surface area contributed by atoms with Gasteiger partial charge in [0.05, 0.1) is 6.61 Å². The zero-order chi connectivity index (χ0) is 21.1. The SMILES string of the molecule is CC(NC(=O)C(N)CO)C(=O)NC(CCC(N)=O)C(=O)NC(CS)C(=O)O. The molecule has 9 N–H and O–H groups in total. The van der Waals surface area contributed by atoms with E-state index in [9.17, 15) is 24.0 Å². The smallest absolute Gasteiger partial charge is 0.327 e. The number of thiol groups is 1. The van der Waals surface area contributed by atoms with Crippen molar-refractivity contribution in [3.05, 3.63) is 0 Å². The molecule has 154 valence electrons. The fourth-order valence-electron chi connectivity index (χ4n) is 1.78. The number of hydrogen-bond donors (Lipinski definition) is 8. The Morgan fingerprint density at radius 1 is 1.00 bits per heavy atom. The fourth-order valence-corrected chi connectivity index (χ4v) is 2.03. The van der Waals surface area contributed by atoms with Crippen LogP contribution in [0.5, 0.6) is 0 Å². The maximum absolute atomic E-state index is 12.2. The Hall–Kier alpha value is -2.38. The number of carbonyl (C=O) groups is 5. The third kappa shape index (κ3) is 9.21. The van der Waals surface area contributed by atoms with Crippen molar-refractivity contribution in [2.45, 2.75) is 43.9 Å². The molecule has 0 aromatic rings. The Labute approximate surface area is 160 Å². The van der Waals surface area contributed by atoms with Gasteiger partial charge in [0, 0.05) is 12.2 Å². The summed E-state index contributed by atoms with van der Waals surface area (Å²) in [5, 5.41) is 24.5. The minimum Gasteiger partial charge on any atom is -0.480 e. The van der Waals surface area contributed by atoms with E-state index in [4.69, 9.17) is 21.7 Å². The summed E-state index contributed by atoms with van der Waals surface area (Å²) in [6, 6.07) is -4.90. The molecule has 0 heterocycles. The van der Waals surface area contributed by atoms with Crippen LogP contribution in [-0.2, 0) is 24.0 Å². The Bertz CT molecular complexity index is 574. The van der Waals surface area contributed by atoms with Crippen LogP contribution in [-0.4, -0.2) is 76.3 Å². The molecule has 0 radical (unpaired) electrons. The summed E-state index contributed by atoms with van der Waals surface area (Å²) in [5.74, 6) is -4.65. The van der Waals surface area contributed by atoms with Gasteiger partial charge >= 0.3 is 5.97 Å². The lowest BCUT2D eigenvalue weighted by atomic mass is 10.1. The van der Waals surface area contributed by atoms with E-state index >= 15 is 0 Å². The summed E-state index contributed by atoms with van der Waals surface area (Å²) >= 11 is 3.81. The Kier molecular flexibility index (Phi) is 11.0. The molecular weight excluding hydrogens is 382 g/mol.